The zero-order chi connectivity index (χ0) is 13.0. The molecule has 1 aliphatic rings. The minimum Gasteiger partial charge on any atom is -0.495 e. The number of methoxy groups -OCH3 is 1. The van der Waals surface area contributed by atoms with Gasteiger partial charge in [-0.25, -0.2) is 0 Å². The molecular weight excluding hydrogens is 296 g/mol. The third-order valence-corrected chi connectivity index (χ3v) is 3.74. The average Bonchev–Trinajstić information content (AvgIpc) is 2.42. The molecule has 1 aromatic rings. The Kier molecular flexibility index (Phi) is 4.60. The molecule has 0 aliphatic carbocycles. The van der Waals surface area contributed by atoms with E-state index in [4.69, 9.17) is 4.74 Å². The van der Waals surface area contributed by atoms with Crippen LogP contribution < -0.4 is 15.4 Å². The van der Waals surface area contributed by atoms with Crippen molar-refractivity contribution in [3.8, 4) is 5.75 Å². The van der Waals surface area contributed by atoms with Gasteiger partial charge in [-0.3, -0.25) is 4.79 Å². The summed E-state index contributed by atoms with van der Waals surface area (Å²) in [5, 5.41) is 6.17. The molecule has 0 spiro atoms. The van der Waals surface area contributed by atoms with Crippen molar-refractivity contribution in [3.63, 3.8) is 0 Å². The molecule has 0 aromatic heterocycles. The van der Waals surface area contributed by atoms with Crippen LogP contribution in [0, 0.1) is 5.92 Å². The first-order valence-corrected chi connectivity index (χ1v) is 6.85. The molecule has 1 fully saturated rings. The predicted molar refractivity (Wildman–Crippen MR) is 74.9 cm³/mol. The zero-order valence-corrected chi connectivity index (χ0v) is 11.9. The Morgan fingerprint density at radius 1 is 1.56 bits per heavy atom. The minimum atomic E-state index is 0.0633. The molecule has 1 saturated heterocycles. The number of nitrogens with one attached hydrogen (secondary N) is 2. The number of benzene rings is 1. The summed E-state index contributed by atoms with van der Waals surface area (Å²) in [6.07, 6.45) is 2.01. The molecule has 1 aliphatic heterocycles. The van der Waals surface area contributed by atoms with E-state index in [1.165, 1.54) is 0 Å². The number of amides is 1. The Morgan fingerprint density at radius 2 is 2.39 bits per heavy atom. The third-order valence-electron chi connectivity index (χ3n) is 3.09. The van der Waals surface area contributed by atoms with Crippen LogP contribution in [0.1, 0.15) is 12.8 Å². The maximum absolute atomic E-state index is 12.0. The quantitative estimate of drug-likeness (QED) is 0.901. The molecule has 2 N–H and O–H groups in total. The summed E-state index contributed by atoms with van der Waals surface area (Å²) in [6, 6.07) is 5.55. The van der Waals surface area contributed by atoms with Crippen LogP contribution in [-0.4, -0.2) is 26.1 Å². The summed E-state index contributed by atoms with van der Waals surface area (Å²) >= 11 is 3.39. The standard InChI is InChI=1S/C13H17BrN2O2/c1-18-12-7-10(4-5-11(12)14)16-13(17)9-3-2-6-15-8-9/h4-5,7,9,15H,2-3,6,8H2,1H3,(H,16,17). The van der Waals surface area contributed by atoms with E-state index in [-0.39, 0.29) is 11.8 Å². The molecule has 98 valence electrons. The maximum Gasteiger partial charge on any atom is 0.228 e. The first-order valence-electron chi connectivity index (χ1n) is 6.06. The molecule has 0 bridgehead atoms. The van der Waals surface area contributed by atoms with E-state index >= 15 is 0 Å². The number of carbonyl (C=O) groups excluding carboxylic acids is 1. The van der Waals surface area contributed by atoms with Crippen LogP contribution in [0.25, 0.3) is 0 Å². The smallest absolute Gasteiger partial charge is 0.228 e. The number of hydrogen-bond donors (Lipinski definition) is 2. The van der Waals surface area contributed by atoms with Crippen LogP contribution in [0.3, 0.4) is 0 Å². The number of carbonyl (C=O) groups is 1. The first-order chi connectivity index (χ1) is 8.70. The predicted octanol–water partition coefficient (Wildman–Crippen LogP) is 2.40. The van der Waals surface area contributed by atoms with Gasteiger partial charge in [-0.2, -0.15) is 0 Å². The molecule has 1 amide bonds. The average molecular weight is 313 g/mol. The Morgan fingerprint density at radius 3 is 3.06 bits per heavy atom. The molecule has 5 heteroatoms. The van der Waals surface area contributed by atoms with Crippen LogP contribution >= 0.6 is 15.9 Å². The normalized spacial score (nSPS) is 19.3. The Bertz CT molecular complexity index is 431. The number of rotatable bonds is 3. The van der Waals surface area contributed by atoms with Gasteiger partial charge < -0.3 is 15.4 Å². The monoisotopic (exact) mass is 312 g/mol. The van der Waals surface area contributed by atoms with Gasteiger partial charge in [-0.15, -0.1) is 0 Å². The third kappa shape index (κ3) is 3.23. The van der Waals surface area contributed by atoms with Gasteiger partial charge in [-0.05, 0) is 47.4 Å². The Hall–Kier alpha value is -1.07. The Labute approximate surface area is 115 Å². The molecule has 2 rings (SSSR count). The van der Waals surface area contributed by atoms with Crippen LogP contribution in [-0.2, 0) is 4.79 Å². The van der Waals surface area contributed by atoms with Gasteiger partial charge in [0.1, 0.15) is 5.75 Å². The molecule has 0 radical (unpaired) electrons. The lowest BCUT2D eigenvalue weighted by Crippen LogP contribution is -2.37. The number of ether oxygens (including phenoxy) is 1. The highest BCUT2D eigenvalue weighted by Gasteiger charge is 2.20. The fourth-order valence-electron chi connectivity index (χ4n) is 2.06. The van der Waals surface area contributed by atoms with Gasteiger partial charge in [-0.1, -0.05) is 0 Å². The van der Waals surface area contributed by atoms with Crippen LogP contribution in [0.4, 0.5) is 5.69 Å². The molecule has 0 saturated carbocycles. The van der Waals surface area contributed by atoms with E-state index in [1.54, 1.807) is 7.11 Å². The van der Waals surface area contributed by atoms with Gasteiger partial charge in [0.15, 0.2) is 0 Å². The maximum atomic E-state index is 12.0. The van der Waals surface area contributed by atoms with Gasteiger partial charge in [0.05, 0.1) is 17.5 Å². The van der Waals surface area contributed by atoms with Crippen LogP contribution in [0.15, 0.2) is 22.7 Å². The van der Waals surface area contributed by atoms with Crippen molar-refractivity contribution in [2.75, 3.05) is 25.5 Å². The summed E-state index contributed by atoms with van der Waals surface area (Å²) in [7, 11) is 1.61. The highest BCUT2D eigenvalue weighted by molar-refractivity contribution is 9.10. The van der Waals surface area contributed by atoms with E-state index in [0.29, 0.717) is 0 Å². The second-order valence-electron chi connectivity index (χ2n) is 4.38. The van der Waals surface area contributed by atoms with Crippen molar-refractivity contribution >= 4 is 27.5 Å². The Balaban J connectivity index is 2.02. The fraction of sp³-hybridized carbons (Fsp3) is 0.462. The lowest BCUT2D eigenvalue weighted by molar-refractivity contribution is -0.120. The summed E-state index contributed by atoms with van der Waals surface area (Å²) in [5.41, 5.74) is 0.769. The number of halogens is 1. The summed E-state index contributed by atoms with van der Waals surface area (Å²) in [5.74, 6) is 0.856. The van der Waals surface area contributed by atoms with Crippen molar-refractivity contribution in [1.29, 1.82) is 0 Å². The van der Waals surface area contributed by atoms with Gasteiger partial charge in [0, 0.05) is 18.3 Å². The van der Waals surface area contributed by atoms with Gasteiger partial charge >= 0.3 is 0 Å². The van der Waals surface area contributed by atoms with E-state index in [2.05, 4.69) is 26.6 Å². The van der Waals surface area contributed by atoms with Crippen molar-refractivity contribution in [3.05, 3.63) is 22.7 Å². The molecule has 1 heterocycles. The lowest BCUT2D eigenvalue weighted by atomic mass is 9.99. The lowest BCUT2D eigenvalue weighted by Gasteiger charge is -2.22. The summed E-state index contributed by atoms with van der Waals surface area (Å²) in [4.78, 5) is 12.0. The van der Waals surface area contributed by atoms with Crippen molar-refractivity contribution in [1.82, 2.24) is 5.32 Å². The van der Waals surface area contributed by atoms with E-state index < -0.39 is 0 Å². The molecule has 18 heavy (non-hydrogen) atoms. The van der Waals surface area contributed by atoms with E-state index in [9.17, 15) is 4.79 Å². The number of piperidine rings is 1. The SMILES string of the molecule is COc1cc(NC(=O)C2CCCNC2)ccc1Br. The number of anilines is 1. The molecule has 1 unspecified atom stereocenters. The largest absolute Gasteiger partial charge is 0.495 e. The first kappa shape index (κ1) is 13.4. The van der Waals surface area contributed by atoms with Crippen molar-refractivity contribution in [2.24, 2.45) is 5.92 Å². The molecular formula is C13H17BrN2O2. The van der Waals surface area contributed by atoms with E-state index in [0.717, 1.165) is 41.8 Å². The zero-order valence-electron chi connectivity index (χ0n) is 10.3. The summed E-state index contributed by atoms with van der Waals surface area (Å²) < 4.78 is 6.08. The molecule has 1 atom stereocenters. The van der Waals surface area contributed by atoms with Gasteiger partial charge in [0.2, 0.25) is 5.91 Å². The van der Waals surface area contributed by atoms with Crippen LogP contribution in [0.2, 0.25) is 0 Å². The number of hydrogen-bond acceptors (Lipinski definition) is 3. The molecule has 1 aromatic carbocycles. The highest BCUT2D eigenvalue weighted by Crippen LogP contribution is 2.28. The van der Waals surface area contributed by atoms with Gasteiger partial charge in [0.25, 0.3) is 0 Å². The minimum absolute atomic E-state index is 0.0633. The van der Waals surface area contributed by atoms with E-state index in [1.807, 2.05) is 18.2 Å². The highest BCUT2D eigenvalue weighted by atomic mass is 79.9. The molecule has 4 nitrogen and oxygen atoms in total. The second-order valence-corrected chi connectivity index (χ2v) is 5.24. The van der Waals surface area contributed by atoms with Crippen LogP contribution in [0.5, 0.6) is 5.75 Å². The van der Waals surface area contributed by atoms with Crippen molar-refractivity contribution < 1.29 is 9.53 Å². The fourth-order valence-corrected chi connectivity index (χ4v) is 2.47. The topological polar surface area (TPSA) is 50.4 Å². The second kappa shape index (κ2) is 6.20. The van der Waals surface area contributed by atoms with Crippen molar-refractivity contribution in [2.45, 2.75) is 12.8 Å². The summed E-state index contributed by atoms with van der Waals surface area (Å²) in [6.45, 7) is 1.77.